The van der Waals surface area contributed by atoms with Crippen LogP contribution in [0.4, 0.5) is 9.52 Å². The van der Waals surface area contributed by atoms with Gasteiger partial charge in [-0.1, -0.05) is 23.5 Å². The van der Waals surface area contributed by atoms with Gasteiger partial charge in [-0.15, -0.1) is 22.0 Å². The topological polar surface area (TPSA) is 46.1 Å². The van der Waals surface area contributed by atoms with Gasteiger partial charge in [0.2, 0.25) is 11.0 Å². The SMILES string of the molecule is O=C1CS[C@H](c2ccc(F)cc2)N1c1nncs1. The highest BCUT2D eigenvalue weighted by atomic mass is 32.2. The smallest absolute Gasteiger partial charge is 0.240 e. The summed E-state index contributed by atoms with van der Waals surface area (Å²) in [5, 5.41) is 8.11. The molecule has 1 aliphatic rings. The number of amides is 1. The predicted molar refractivity (Wildman–Crippen MR) is 69.0 cm³/mol. The summed E-state index contributed by atoms with van der Waals surface area (Å²) in [4.78, 5) is 13.5. The summed E-state index contributed by atoms with van der Waals surface area (Å²) in [5.41, 5.74) is 2.48. The minimum Gasteiger partial charge on any atom is -0.273 e. The number of halogens is 1. The fraction of sp³-hybridized carbons (Fsp3) is 0.182. The number of carbonyl (C=O) groups is 1. The highest BCUT2D eigenvalue weighted by Gasteiger charge is 2.35. The van der Waals surface area contributed by atoms with E-state index in [-0.39, 0.29) is 17.1 Å². The van der Waals surface area contributed by atoms with Crippen LogP contribution in [0, 0.1) is 5.82 Å². The van der Waals surface area contributed by atoms with Gasteiger partial charge in [0.05, 0.1) is 5.75 Å². The van der Waals surface area contributed by atoms with Crippen LogP contribution in [-0.2, 0) is 4.79 Å². The van der Waals surface area contributed by atoms with Gasteiger partial charge in [0.1, 0.15) is 16.7 Å². The van der Waals surface area contributed by atoms with Crippen molar-refractivity contribution in [1.29, 1.82) is 0 Å². The molecule has 92 valence electrons. The first-order valence-electron chi connectivity index (χ1n) is 5.21. The molecule has 1 aromatic carbocycles. The van der Waals surface area contributed by atoms with Gasteiger partial charge in [0.15, 0.2) is 0 Å². The lowest BCUT2D eigenvalue weighted by molar-refractivity contribution is -0.115. The van der Waals surface area contributed by atoms with Gasteiger partial charge < -0.3 is 0 Å². The molecular formula is C11H8FN3OS2. The third kappa shape index (κ3) is 1.99. The number of hydrogen-bond acceptors (Lipinski definition) is 5. The van der Waals surface area contributed by atoms with E-state index < -0.39 is 0 Å². The van der Waals surface area contributed by atoms with E-state index in [4.69, 9.17) is 0 Å². The van der Waals surface area contributed by atoms with Crippen molar-refractivity contribution >= 4 is 34.1 Å². The molecule has 7 heteroatoms. The fourth-order valence-electron chi connectivity index (χ4n) is 1.78. The molecule has 4 nitrogen and oxygen atoms in total. The Labute approximate surface area is 111 Å². The summed E-state index contributed by atoms with van der Waals surface area (Å²) in [6.45, 7) is 0. The molecule has 0 bridgehead atoms. The number of carbonyl (C=O) groups excluding carboxylic acids is 1. The number of rotatable bonds is 2. The second kappa shape index (κ2) is 4.66. The van der Waals surface area contributed by atoms with E-state index in [0.717, 1.165) is 5.56 Å². The van der Waals surface area contributed by atoms with Gasteiger partial charge in [0, 0.05) is 0 Å². The predicted octanol–water partition coefficient (Wildman–Crippen LogP) is 2.46. The first kappa shape index (κ1) is 11.6. The molecule has 2 heterocycles. The van der Waals surface area contributed by atoms with Crippen molar-refractivity contribution in [2.45, 2.75) is 5.37 Å². The van der Waals surface area contributed by atoms with Crippen LogP contribution >= 0.6 is 23.1 Å². The molecule has 18 heavy (non-hydrogen) atoms. The van der Waals surface area contributed by atoms with E-state index >= 15 is 0 Å². The zero-order valence-corrected chi connectivity index (χ0v) is 10.7. The lowest BCUT2D eigenvalue weighted by Crippen LogP contribution is -2.27. The quantitative estimate of drug-likeness (QED) is 0.848. The molecule has 1 fully saturated rings. The molecule has 0 radical (unpaired) electrons. The number of anilines is 1. The summed E-state index contributed by atoms with van der Waals surface area (Å²) in [6.07, 6.45) is 0. The Hall–Kier alpha value is -1.47. The van der Waals surface area contributed by atoms with Crippen molar-refractivity contribution in [1.82, 2.24) is 10.2 Å². The van der Waals surface area contributed by atoms with Gasteiger partial charge in [-0.05, 0) is 17.7 Å². The maximum Gasteiger partial charge on any atom is 0.240 e. The van der Waals surface area contributed by atoms with Crippen LogP contribution in [0.25, 0.3) is 0 Å². The standard InChI is InChI=1S/C11H8FN3OS2/c12-8-3-1-7(2-4-8)10-15(9(16)5-17-10)11-14-13-6-18-11/h1-4,6,10H,5H2/t10-/m1/s1. The molecule has 3 rings (SSSR count). The number of thioether (sulfide) groups is 1. The van der Waals surface area contributed by atoms with Crippen molar-refractivity contribution in [3.63, 3.8) is 0 Å². The minimum atomic E-state index is -0.282. The third-order valence-corrected chi connectivity index (χ3v) is 4.48. The van der Waals surface area contributed by atoms with Crippen LogP contribution in [0.1, 0.15) is 10.9 Å². The first-order valence-corrected chi connectivity index (χ1v) is 7.14. The molecule has 1 aromatic heterocycles. The molecule has 2 aromatic rings. The summed E-state index contributed by atoms with van der Waals surface area (Å²) in [5.74, 6) is 0.128. The zero-order chi connectivity index (χ0) is 12.5. The lowest BCUT2D eigenvalue weighted by atomic mass is 10.2. The highest BCUT2D eigenvalue weighted by Crippen LogP contribution is 2.41. The Morgan fingerprint density at radius 2 is 2.11 bits per heavy atom. The summed E-state index contributed by atoms with van der Waals surface area (Å²) >= 11 is 2.83. The van der Waals surface area contributed by atoms with Crippen LogP contribution in [0.15, 0.2) is 29.8 Å². The molecule has 0 aliphatic carbocycles. The van der Waals surface area contributed by atoms with Crippen LogP contribution in [-0.4, -0.2) is 21.9 Å². The number of benzene rings is 1. The van der Waals surface area contributed by atoms with Crippen molar-refractivity contribution in [3.05, 3.63) is 41.2 Å². The Balaban J connectivity index is 1.96. The van der Waals surface area contributed by atoms with Crippen LogP contribution in [0.3, 0.4) is 0 Å². The van der Waals surface area contributed by atoms with Gasteiger partial charge in [-0.2, -0.15) is 0 Å². The largest absolute Gasteiger partial charge is 0.273 e. The summed E-state index contributed by atoms with van der Waals surface area (Å²) in [7, 11) is 0. The highest BCUT2D eigenvalue weighted by molar-refractivity contribution is 8.00. The average Bonchev–Trinajstić information content (AvgIpc) is 2.99. The molecule has 0 spiro atoms. The Kier molecular flexibility index (Phi) is 3.00. The Morgan fingerprint density at radius 3 is 2.78 bits per heavy atom. The van der Waals surface area contributed by atoms with Crippen molar-refractivity contribution in [3.8, 4) is 0 Å². The van der Waals surface area contributed by atoms with E-state index in [0.29, 0.717) is 10.9 Å². The molecular weight excluding hydrogens is 273 g/mol. The number of aromatic nitrogens is 2. The van der Waals surface area contributed by atoms with Crippen LogP contribution in [0.5, 0.6) is 0 Å². The molecule has 0 saturated carbocycles. The summed E-state index contributed by atoms with van der Waals surface area (Å²) < 4.78 is 12.9. The normalized spacial score (nSPS) is 19.5. The number of nitrogens with zero attached hydrogens (tertiary/aromatic N) is 3. The average molecular weight is 281 g/mol. The minimum absolute atomic E-state index is 0.00562. The third-order valence-electron chi connectivity index (χ3n) is 2.58. The second-order valence-corrected chi connectivity index (χ2v) is 5.58. The van der Waals surface area contributed by atoms with Crippen LogP contribution in [0.2, 0.25) is 0 Å². The molecule has 1 aliphatic heterocycles. The van der Waals surface area contributed by atoms with Gasteiger partial charge in [0.25, 0.3) is 0 Å². The van der Waals surface area contributed by atoms with Crippen molar-refractivity contribution in [2.24, 2.45) is 0 Å². The van der Waals surface area contributed by atoms with E-state index in [1.807, 2.05) is 0 Å². The van der Waals surface area contributed by atoms with Crippen LogP contribution < -0.4 is 4.90 Å². The maximum absolute atomic E-state index is 12.9. The molecule has 1 atom stereocenters. The van der Waals surface area contributed by atoms with Gasteiger partial charge in [-0.3, -0.25) is 9.69 Å². The molecule has 1 amide bonds. The van der Waals surface area contributed by atoms with Gasteiger partial charge >= 0.3 is 0 Å². The van der Waals surface area contributed by atoms with Crippen molar-refractivity contribution in [2.75, 3.05) is 10.7 Å². The van der Waals surface area contributed by atoms with E-state index in [1.165, 1.54) is 35.2 Å². The molecule has 0 N–H and O–H groups in total. The monoisotopic (exact) mass is 281 g/mol. The number of hydrogen-bond donors (Lipinski definition) is 0. The first-order chi connectivity index (χ1) is 8.75. The second-order valence-electron chi connectivity index (χ2n) is 3.70. The zero-order valence-electron chi connectivity index (χ0n) is 9.12. The van der Waals surface area contributed by atoms with Crippen molar-refractivity contribution < 1.29 is 9.18 Å². The summed E-state index contributed by atoms with van der Waals surface area (Å²) in [6, 6.07) is 6.19. The Morgan fingerprint density at radius 1 is 1.33 bits per heavy atom. The molecule has 1 saturated heterocycles. The maximum atomic E-state index is 12.9. The van der Waals surface area contributed by atoms with E-state index in [1.54, 1.807) is 22.5 Å². The van der Waals surface area contributed by atoms with Gasteiger partial charge in [-0.25, -0.2) is 4.39 Å². The van der Waals surface area contributed by atoms with E-state index in [9.17, 15) is 9.18 Å². The Bertz CT molecular complexity index is 558. The fourth-order valence-corrected chi connectivity index (χ4v) is 3.60. The van der Waals surface area contributed by atoms with E-state index in [2.05, 4.69) is 10.2 Å². The molecule has 0 unspecified atom stereocenters. The lowest BCUT2D eigenvalue weighted by Gasteiger charge is -2.20.